The third kappa shape index (κ3) is 4.31. The van der Waals surface area contributed by atoms with Gasteiger partial charge in [-0.1, -0.05) is 0 Å². The number of hydrogen-bond acceptors (Lipinski definition) is 7. The molecule has 1 aliphatic heterocycles. The van der Waals surface area contributed by atoms with Crippen LogP contribution in [-0.4, -0.2) is 40.9 Å². The van der Waals surface area contributed by atoms with E-state index in [0.29, 0.717) is 52.5 Å². The topological polar surface area (TPSA) is 138 Å². The van der Waals surface area contributed by atoms with E-state index in [1.165, 1.54) is 6.20 Å². The largest absolute Gasteiger partial charge is 0.474 e. The normalized spacial score (nSPS) is 18.9. The number of anilines is 3. The van der Waals surface area contributed by atoms with Crippen molar-refractivity contribution in [1.82, 2.24) is 15.3 Å². The smallest absolute Gasteiger partial charge is 0.320 e. The van der Waals surface area contributed by atoms with Gasteiger partial charge in [0.2, 0.25) is 5.88 Å². The van der Waals surface area contributed by atoms with Crippen molar-refractivity contribution < 1.29 is 13.9 Å². The summed E-state index contributed by atoms with van der Waals surface area (Å²) in [5.74, 6) is 0.508. The number of urea groups is 1. The van der Waals surface area contributed by atoms with Crippen LogP contribution in [0.2, 0.25) is 0 Å². The van der Waals surface area contributed by atoms with E-state index in [1.54, 1.807) is 25.3 Å². The first kappa shape index (κ1) is 22.8. The van der Waals surface area contributed by atoms with Crippen LogP contribution in [0.25, 0.3) is 21.9 Å². The fraction of sp³-hybridized carbons (Fsp3) is 0.360. The number of nitrogens with zero attached hydrogens (tertiary/aromatic N) is 2. The van der Waals surface area contributed by atoms with Gasteiger partial charge in [-0.25, -0.2) is 19.2 Å². The van der Waals surface area contributed by atoms with Crippen molar-refractivity contribution in [2.45, 2.75) is 39.2 Å². The van der Waals surface area contributed by atoms with Crippen LogP contribution in [0.5, 0.6) is 5.88 Å². The summed E-state index contributed by atoms with van der Waals surface area (Å²) < 4.78 is 20.9. The van der Waals surface area contributed by atoms with Crippen LogP contribution in [0.4, 0.5) is 26.4 Å². The fourth-order valence-electron chi connectivity index (χ4n) is 4.90. The van der Waals surface area contributed by atoms with E-state index in [2.05, 4.69) is 25.9 Å². The molecule has 2 aliphatic rings. The van der Waals surface area contributed by atoms with E-state index < -0.39 is 5.82 Å². The minimum absolute atomic E-state index is 0.0126. The fourth-order valence-corrected chi connectivity index (χ4v) is 4.90. The number of carbonyl (C=O) groups is 1. The maximum Gasteiger partial charge on any atom is 0.320 e. The van der Waals surface area contributed by atoms with E-state index in [9.17, 15) is 4.79 Å². The predicted molar refractivity (Wildman–Crippen MR) is 135 cm³/mol. The summed E-state index contributed by atoms with van der Waals surface area (Å²) in [7, 11) is 0. The maximum absolute atomic E-state index is 15.3. The molecule has 0 bridgehead atoms. The van der Waals surface area contributed by atoms with Crippen molar-refractivity contribution in [2.75, 3.05) is 29.5 Å². The third-order valence-corrected chi connectivity index (χ3v) is 6.86. The van der Waals surface area contributed by atoms with E-state index in [0.717, 1.165) is 30.5 Å². The summed E-state index contributed by atoms with van der Waals surface area (Å²) in [6, 6.07) is 3.03. The van der Waals surface area contributed by atoms with E-state index in [1.807, 2.05) is 6.92 Å². The number of pyridine rings is 2. The summed E-state index contributed by atoms with van der Waals surface area (Å²) in [6.45, 7) is 4.86. The van der Waals surface area contributed by atoms with Crippen LogP contribution in [0.3, 0.4) is 0 Å². The molecule has 0 saturated heterocycles. The maximum atomic E-state index is 15.3. The number of hydrogen-bond donors (Lipinski definition) is 5. The van der Waals surface area contributed by atoms with Crippen LogP contribution in [0, 0.1) is 24.1 Å². The second-order valence-corrected chi connectivity index (χ2v) is 9.18. The summed E-state index contributed by atoms with van der Waals surface area (Å²) in [4.78, 5) is 21.1. The quantitative estimate of drug-likeness (QED) is 0.278. The highest BCUT2D eigenvalue weighted by molar-refractivity contribution is 6.00. The molecular weight excluding hydrogens is 449 g/mol. The molecule has 5 rings (SSSR count). The lowest BCUT2D eigenvalue weighted by molar-refractivity contribution is 0.248. The molecule has 2 atom stereocenters. The number of rotatable bonds is 4. The van der Waals surface area contributed by atoms with Crippen molar-refractivity contribution in [3.05, 3.63) is 35.9 Å². The molecule has 1 aliphatic carbocycles. The number of fused-ring (bicyclic) bond motifs is 2. The van der Waals surface area contributed by atoms with Gasteiger partial charge in [0.15, 0.2) is 5.82 Å². The van der Waals surface area contributed by atoms with Crippen molar-refractivity contribution in [2.24, 2.45) is 5.92 Å². The molecule has 6 N–H and O–H groups in total. The van der Waals surface area contributed by atoms with Crippen molar-refractivity contribution in [3.63, 3.8) is 0 Å². The zero-order valence-corrected chi connectivity index (χ0v) is 19.7. The lowest BCUT2D eigenvalue weighted by atomic mass is 9.97. The highest BCUT2D eigenvalue weighted by Crippen LogP contribution is 2.39. The number of ether oxygens (including phenoxy) is 1. The van der Waals surface area contributed by atoms with E-state index in [-0.39, 0.29) is 23.7 Å². The summed E-state index contributed by atoms with van der Waals surface area (Å²) in [6.07, 6.45) is 5.56. The van der Waals surface area contributed by atoms with Gasteiger partial charge in [0.1, 0.15) is 18.1 Å². The predicted octanol–water partition coefficient (Wildman–Crippen LogP) is 4.46. The molecule has 2 aromatic heterocycles. The number of halogens is 1. The van der Waals surface area contributed by atoms with Crippen LogP contribution >= 0.6 is 0 Å². The number of carbonyl (C=O) groups excluding carboxylic acids is 1. The van der Waals surface area contributed by atoms with Crippen LogP contribution < -0.4 is 26.4 Å². The first-order chi connectivity index (χ1) is 16.8. The minimum Gasteiger partial charge on any atom is -0.474 e. The van der Waals surface area contributed by atoms with Crippen LogP contribution in [-0.2, 0) is 0 Å². The second-order valence-electron chi connectivity index (χ2n) is 9.18. The summed E-state index contributed by atoms with van der Waals surface area (Å²) >= 11 is 0. The van der Waals surface area contributed by atoms with Crippen molar-refractivity contribution >= 4 is 39.7 Å². The SMILES string of the molecule is CC(=N)[C@H]1CC[C@@H](NC(=O)Nc2cc3cc(-c4cnc5c(c4C)NCCO5)c(F)c(N)c3cn2)C1. The van der Waals surface area contributed by atoms with Gasteiger partial charge >= 0.3 is 6.03 Å². The Morgan fingerprint density at radius 2 is 2.09 bits per heavy atom. The Morgan fingerprint density at radius 1 is 1.26 bits per heavy atom. The van der Waals surface area contributed by atoms with E-state index in [4.69, 9.17) is 15.9 Å². The molecule has 0 radical (unpaired) electrons. The summed E-state index contributed by atoms with van der Waals surface area (Å²) in [5, 5.41) is 17.9. The average molecular weight is 478 g/mol. The van der Waals surface area contributed by atoms with Gasteiger partial charge in [-0.05, 0) is 62.1 Å². The standard InChI is InChI=1S/C25H28FN7O2/c1-12-18(10-31-24-23(12)29-5-6-35-24)17-8-15-9-20(30-11-19(15)22(28)21(17)26)33-25(34)32-16-4-3-14(7-16)13(2)27/h8-11,14,16,27,29H,3-7,28H2,1-2H3,(H2,30,32,33,34)/t14-,16+/m0/s1. The molecular formula is C25H28FN7O2. The Balaban J connectivity index is 1.42. The molecule has 2 amide bonds. The van der Waals surface area contributed by atoms with Crippen LogP contribution in [0.1, 0.15) is 31.7 Å². The zero-order valence-electron chi connectivity index (χ0n) is 19.7. The summed E-state index contributed by atoms with van der Waals surface area (Å²) in [5.41, 5.74) is 9.27. The van der Waals surface area contributed by atoms with Gasteiger partial charge in [0, 0.05) is 47.2 Å². The number of nitrogens with one attached hydrogen (secondary N) is 4. The highest BCUT2D eigenvalue weighted by Gasteiger charge is 2.27. The average Bonchev–Trinajstić information content (AvgIpc) is 3.31. The molecule has 35 heavy (non-hydrogen) atoms. The van der Waals surface area contributed by atoms with Crippen molar-refractivity contribution in [3.8, 4) is 17.0 Å². The first-order valence-electron chi connectivity index (χ1n) is 11.7. The third-order valence-electron chi connectivity index (χ3n) is 6.86. The molecule has 0 spiro atoms. The molecule has 9 nitrogen and oxygen atoms in total. The Bertz CT molecular complexity index is 1340. The lowest BCUT2D eigenvalue weighted by Crippen LogP contribution is -2.36. The molecule has 1 aromatic carbocycles. The zero-order chi connectivity index (χ0) is 24.7. The Labute approximate surface area is 202 Å². The van der Waals surface area contributed by atoms with Gasteiger partial charge < -0.3 is 26.5 Å². The number of amides is 2. The molecule has 1 fully saturated rings. The van der Waals surface area contributed by atoms with Crippen LogP contribution in [0.15, 0.2) is 24.5 Å². The monoisotopic (exact) mass is 477 g/mol. The molecule has 10 heteroatoms. The molecule has 3 heterocycles. The number of nitrogens with two attached hydrogens (primary N) is 1. The van der Waals surface area contributed by atoms with E-state index >= 15 is 4.39 Å². The Kier molecular flexibility index (Phi) is 5.88. The van der Waals surface area contributed by atoms with Gasteiger partial charge in [-0.3, -0.25) is 5.32 Å². The number of aromatic nitrogens is 2. The number of nitrogen functional groups attached to an aromatic ring is 1. The molecule has 182 valence electrons. The lowest BCUT2D eigenvalue weighted by Gasteiger charge is -2.22. The Morgan fingerprint density at radius 3 is 2.86 bits per heavy atom. The second kappa shape index (κ2) is 9.01. The molecule has 0 unspecified atom stereocenters. The van der Waals surface area contributed by atoms with Gasteiger partial charge in [-0.15, -0.1) is 0 Å². The van der Waals surface area contributed by atoms with Gasteiger partial charge in [-0.2, -0.15) is 0 Å². The van der Waals surface area contributed by atoms with Crippen molar-refractivity contribution in [1.29, 1.82) is 5.41 Å². The molecule has 1 saturated carbocycles. The molecule has 3 aromatic rings. The Hall–Kier alpha value is -3.95. The van der Waals surface area contributed by atoms with Gasteiger partial charge in [0.05, 0.1) is 5.69 Å². The minimum atomic E-state index is -0.545. The highest BCUT2D eigenvalue weighted by atomic mass is 19.1. The first-order valence-corrected chi connectivity index (χ1v) is 11.7. The number of benzene rings is 1. The van der Waals surface area contributed by atoms with Gasteiger partial charge in [0.25, 0.3) is 0 Å².